The van der Waals surface area contributed by atoms with Crippen molar-refractivity contribution in [2.24, 2.45) is 0 Å². The van der Waals surface area contributed by atoms with Gasteiger partial charge in [0.05, 0.1) is 11.9 Å². The zero-order valence-electron chi connectivity index (χ0n) is 22.2. The molecule has 0 aromatic heterocycles. The highest BCUT2D eigenvalue weighted by Gasteiger charge is 2.33. The molecule has 0 fully saturated rings. The molecule has 2 amide bonds. The van der Waals surface area contributed by atoms with Gasteiger partial charge in [0.2, 0.25) is 21.8 Å². The van der Waals surface area contributed by atoms with Gasteiger partial charge >= 0.3 is 0 Å². The fourth-order valence-electron chi connectivity index (χ4n) is 4.33. The molecule has 0 aliphatic rings. The number of hydrogen-bond donors (Lipinski definition) is 1. The second-order valence-electron chi connectivity index (χ2n) is 9.11. The molecule has 0 aliphatic heterocycles. The number of aryl methyl sites for hydroxylation is 1. The molecule has 0 saturated carbocycles. The van der Waals surface area contributed by atoms with E-state index in [0.29, 0.717) is 34.3 Å². The minimum Gasteiger partial charge on any atom is -0.355 e. The van der Waals surface area contributed by atoms with Crippen LogP contribution in [0.4, 0.5) is 5.69 Å². The maximum Gasteiger partial charge on any atom is 0.244 e. The Labute approximate surface area is 240 Å². The Morgan fingerprint density at radius 2 is 1.59 bits per heavy atom. The van der Waals surface area contributed by atoms with Crippen molar-refractivity contribution in [3.05, 3.63) is 99.5 Å². The number of nitrogens with one attached hydrogen (secondary N) is 1. The lowest BCUT2D eigenvalue weighted by atomic mass is 10.0. The SMILES string of the molecule is CCNC(=O)C(Cc1ccccc1)N(Cc1ccc(Cl)cc1Cl)C(=O)CN(c1ccccc1CC)S(C)(=O)=O. The van der Waals surface area contributed by atoms with Crippen molar-refractivity contribution in [1.82, 2.24) is 10.2 Å². The number of sulfonamides is 1. The van der Waals surface area contributed by atoms with Gasteiger partial charge in [-0.1, -0.05) is 84.7 Å². The molecule has 3 rings (SSSR count). The van der Waals surface area contributed by atoms with E-state index in [2.05, 4.69) is 5.32 Å². The summed E-state index contributed by atoms with van der Waals surface area (Å²) in [4.78, 5) is 28.9. The van der Waals surface area contributed by atoms with Gasteiger partial charge in [-0.05, 0) is 48.2 Å². The summed E-state index contributed by atoms with van der Waals surface area (Å²) in [5.41, 5.74) is 2.65. The maximum absolute atomic E-state index is 14.1. The number of carbonyl (C=O) groups is 2. The number of nitrogens with zero attached hydrogens (tertiary/aromatic N) is 2. The molecular formula is C29H33Cl2N3O4S. The van der Waals surface area contributed by atoms with Gasteiger partial charge in [0.25, 0.3) is 0 Å². The van der Waals surface area contributed by atoms with Crippen molar-refractivity contribution < 1.29 is 18.0 Å². The molecule has 0 radical (unpaired) electrons. The summed E-state index contributed by atoms with van der Waals surface area (Å²) in [6.07, 6.45) is 1.88. The standard InChI is InChI=1S/C29H33Cl2N3O4S/c1-4-22-13-9-10-14-26(22)34(39(3,37)38)20-28(35)33(19-23-15-16-24(30)18-25(23)31)27(29(36)32-5-2)17-21-11-7-6-8-12-21/h6-16,18,27H,4-5,17,19-20H2,1-3H3,(H,32,36). The van der Waals surface area contributed by atoms with E-state index in [4.69, 9.17) is 23.2 Å². The highest BCUT2D eigenvalue weighted by molar-refractivity contribution is 7.92. The van der Waals surface area contributed by atoms with Crippen LogP contribution in [0, 0.1) is 0 Å². The second kappa shape index (κ2) is 13.8. The van der Waals surface area contributed by atoms with Gasteiger partial charge in [-0.3, -0.25) is 13.9 Å². The first kappa shape index (κ1) is 30.5. The first-order chi connectivity index (χ1) is 18.5. The lowest BCUT2D eigenvalue weighted by molar-refractivity contribution is -0.140. The zero-order valence-corrected chi connectivity index (χ0v) is 24.6. The number of likely N-dealkylation sites (N-methyl/N-ethyl adjacent to an activating group) is 1. The number of para-hydroxylation sites is 1. The molecule has 39 heavy (non-hydrogen) atoms. The van der Waals surface area contributed by atoms with Gasteiger partial charge in [-0.15, -0.1) is 0 Å². The Morgan fingerprint density at radius 1 is 0.923 bits per heavy atom. The average Bonchev–Trinajstić information content (AvgIpc) is 2.90. The normalized spacial score (nSPS) is 12.0. The van der Waals surface area contributed by atoms with Crippen LogP contribution in [0.2, 0.25) is 10.0 Å². The van der Waals surface area contributed by atoms with E-state index in [1.54, 1.807) is 37.3 Å². The van der Waals surface area contributed by atoms with Gasteiger partial charge in [-0.2, -0.15) is 0 Å². The molecule has 1 N–H and O–H groups in total. The van der Waals surface area contributed by atoms with Crippen LogP contribution in [0.25, 0.3) is 0 Å². The third kappa shape index (κ3) is 8.21. The highest BCUT2D eigenvalue weighted by Crippen LogP contribution is 2.26. The summed E-state index contributed by atoms with van der Waals surface area (Å²) in [6.45, 7) is 3.59. The number of hydrogen-bond acceptors (Lipinski definition) is 4. The van der Waals surface area contributed by atoms with Gasteiger partial charge < -0.3 is 10.2 Å². The van der Waals surface area contributed by atoms with E-state index in [9.17, 15) is 18.0 Å². The van der Waals surface area contributed by atoms with Crippen LogP contribution in [-0.4, -0.2) is 50.5 Å². The van der Waals surface area contributed by atoms with Gasteiger partial charge in [-0.25, -0.2) is 8.42 Å². The zero-order chi connectivity index (χ0) is 28.6. The van der Waals surface area contributed by atoms with Gasteiger partial charge in [0.15, 0.2) is 0 Å². The Hall–Kier alpha value is -3.07. The van der Waals surface area contributed by atoms with Gasteiger partial charge in [0, 0.05) is 29.6 Å². The lowest BCUT2D eigenvalue weighted by Gasteiger charge is -2.34. The van der Waals surface area contributed by atoms with E-state index >= 15 is 0 Å². The maximum atomic E-state index is 14.1. The van der Waals surface area contributed by atoms with Crippen molar-refractivity contribution in [2.75, 3.05) is 23.7 Å². The quantitative estimate of drug-likeness (QED) is 0.318. The van der Waals surface area contributed by atoms with E-state index in [-0.39, 0.29) is 18.9 Å². The Balaban J connectivity index is 2.09. The molecular weight excluding hydrogens is 557 g/mol. The third-order valence-corrected chi connectivity index (χ3v) is 8.01. The molecule has 0 aliphatic carbocycles. The van der Waals surface area contributed by atoms with Crippen molar-refractivity contribution in [1.29, 1.82) is 0 Å². The van der Waals surface area contributed by atoms with Gasteiger partial charge in [0.1, 0.15) is 12.6 Å². The minimum absolute atomic E-state index is 0.0174. The summed E-state index contributed by atoms with van der Waals surface area (Å²) in [5, 5.41) is 3.60. The van der Waals surface area contributed by atoms with E-state index in [0.717, 1.165) is 21.7 Å². The summed E-state index contributed by atoms with van der Waals surface area (Å²) < 4.78 is 27.0. The predicted molar refractivity (Wildman–Crippen MR) is 158 cm³/mol. The average molecular weight is 591 g/mol. The van der Waals surface area contributed by atoms with Crippen LogP contribution in [0.3, 0.4) is 0 Å². The monoisotopic (exact) mass is 589 g/mol. The predicted octanol–water partition coefficient (Wildman–Crippen LogP) is 5.10. The fourth-order valence-corrected chi connectivity index (χ4v) is 5.68. The number of rotatable bonds is 12. The molecule has 3 aromatic rings. The first-order valence-electron chi connectivity index (χ1n) is 12.7. The largest absolute Gasteiger partial charge is 0.355 e. The van der Waals surface area contributed by atoms with Crippen molar-refractivity contribution in [3.8, 4) is 0 Å². The summed E-state index contributed by atoms with van der Waals surface area (Å²) >= 11 is 12.6. The molecule has 0 spiro atoms. The van der Waals surface area contributed by atoms with Crippen molar-refractivity contribution >= 4 is 50.7 Å². The van der Waals surface area contributed by atoms with E-state index < -0.39 is 28.5 Å². The molecule has 1 unspecified atom stereocenters. The number of anilines is 1. The topological polar surface area (TPSA) is 86.8 Å². The molecule has 0 saturated heterocycles. The summed E-state index contributed by atoms with van der Waals surface area (Å²) in [5.74, 6) is -0.885. The molecule has 10 heteroatoms. The number of amides is 2. The highest BCUT2D eigenvalue weighted by atomic mass is 35.5. The van der Waals surface area contributed by atoms with Crippen LogP contribution in [0.1, 0.15) is 30.5 Å². The van der Waals surface area contributed by atoms with Crippen LogP contribution < -0.4 is 9.62 Å². The molecule has 7 nitrogen and oxygen atoms in total. The Morgan fingerprint density at radius 3 is 2.21 bits per heavy atom. The first-order valence-corrected chi connectivity index (χ1v) is 15.3. The molecule has 3 aromatic carbocycles. The second-order valence-corrected chi connectivity index (χ2v) is 11.9. The summed E-state index contributed by atoms with van der Waals surface area (Å²) in [6, 6.07) is 20.4. The van der Waals surface area contributed by atoms with E-state index in [1.807, 2.05) is 49.4 Å². The van der Waals surface area contributed by atoms with Crippen LogP contribution >= 0.6 is 23.2 Å². The Bertz CT molecular complexity index is 1400. The third-order valence-electron chi connectivity index (χ3n) is 6.30. The fraction of sp³-hybridized carbons (Fsp3) is 0.310. The van der Waals surface area contributed by atoms with Crippen LogP contribution in [-0.2, 0) is 39.0 Å². The number of carbonyl (C=O) groups excluding carboxylic acids is 2. The molecule has 0 heterocycles. The van der Waals surface area contributed by atoms with Crippen molar-refractivity contribution in [2.45, 2.75) is 39.3 Å². The van der Waals surface area contributed by atoms with Crippen LogP contribution in [0.15, 0.2) is 72.8 Å². The molecule has 1 atom stereocenters. The molecule has 208 valence electrons. The van der Waals surface area contributed by atoms with Crippen LogP contribution in [0.5, 0.6) is 0 Å². The lowest BCUT2D eigenvalue weighted by Crippen LogP contribution is -2.53. The Kier molecular flexibility index (Phi) is 10.8. The number of halogens is 2. The van der Waals surface area contributed by atoms with Crippen molar-refractivity contribution in [3.63, 3.8) is 0 Å². The minimum atomic E-state index is -3.84. The van der Waals surface area contributed by atoms with E-state index in [1.165, 1.54) is 4.90 Å². The summed E-state index contributed by atoms with van der Waals surface area (Å²) in [7, 11) is -3.84. The number of benzene rings is 3. The smallest absolute Gasteiger partial charge is 0.244 e. The molecule has 0 bridgehead atoms.